The van der Waals surface area contributed by atoms with Crippen LogP contribution in [0.4, 0.5) is 0 Å². The Kier molecular flexibility index (Phi) is 2.98. The highest BCUT2D eigenvalue weighted by Gasteiger charge is 2.19. The minimum atomic E-state index is 0.500. The summed E-state index contributed by atoms with van der Waals surface area (Å²) in [6.07, 6.45) is 0. The van der Waals surface area contributed by atoms with Gasteiger partial charge in [0.1, 0.15) is 4.88 Å². The first-order valence-corrected chi connectivity index (χ1v) is 7.74. The third kappa shape index (κ3) is 2.10. The van der Waals surface area contributed by atoms with Gasteiger partial charge in [0.2, 0.25) is 10.9 Å². The van der Waals surface area contributed by atoms with E-state index in [1.807, 2.05) is 31.2 Å². The molecule has 0 N–H and O–H groups in total. The van der Waals surface area contributed by atoms with Crippen molar-refractivity contribution in [1.82, 2.24) is 24.8 Å². The van der Waals surface area contributed by atoms with Crippen molar-refractivity contribution in [3.8, 4) is 22.2 Å². The van der Waals surface area contributed by atoms with Crippen LogP contribution in [0.1, 0.15) is 11.6 Å². The van der Waals surface area contributed by atoms with Gasteiger partial charge in [-0.2, -0.15) is 4.98 Å². The fourth-order valence-corrected chi connectivity index (χ4v) is 3.26. The van der Waals surface area contributed by atoms with Crippen LogP contribution >= 0.6 is 22.9 Å². The minimum Gasteiger partial charge on any atom is -0.420 e. The van der Waals surface area contributed by atoms with Gasteiger partial charge in [0, 0.05) is 17.5 Å². The summed E-state index contributed by atoms with van der Waals surface area (Å²) >= 11 is 7.38. The van der Waals surface area contributed by atoms with E-state index in [2.05, 4.69) is 20.3 Å². The maximum Gasteiger partial charge on any atom is 0.259 e. The maximum absolute atomic E-state index is 5.91. The Morgan fingerprint density at radius 3 is 2.55 bits per heavy atom. The molecule has 0 fully saturated rings. The number of hydrogen-bond acceptors (Lipinski definition) is 6. The van der Waals surface area contributed by atoms with E-state index in [1.54, 1.807) is 11.4 Å². The predicted octanol–water partition coefficient (Wildman–Crippen LogP) is 3.78. The predicted molar refractivity (Wildman–Crippen MR) is 84.1 cm³/mol. The van der Waals surface area contributed by atoms with Gasteiger partial charge in [0.05, 0.1) is 5.69 Å². The van der Waals surface area contributed by atoms with Gasteiger partial charge in [-0.15, -0.1) is 15.3 Å². The molecular weight excluding hydrogens is 322 g/mol. The third-order valence-electron chi connectivity index (χ3n) is 3.24. The van der Waals surface area contributed by atoms with E-state index in [0.717, 1.165) is 21.1 Å². The monoisotopic (exact) mass is 331 g/mol. The molecule has 0 amide bonds. The van der Waals surface area contributed by atoms with Gasteiger partial charge in [0.25, 0.3) is 5.89 Å². The van der Waals surface area contributed by atoms with Crippen LogP contribution < -0.4 is 0 Å². The zero-order valence-corrected chi connectivity index (χ0v) is 13.3. The standard InChI is InChI=1S/C14H10ClN5OS/c1-7-11(13-18-17-8(2)21-13)22-14-16-12(19-20(7)14)9-3-5-10(15)6-4-9/h3-6H,1-2H3. The number of rotatable bonds is 2. The zero-order valence-electron chi connectivity index (χ0n) is 11.7. The van der Waals surface area contributed by atoms with Crippen molar-refractivity contribution < 1.29 is 4.42 Å². The van der Waals surface area contributed by atoms with Crippen LogP contribution in [0, 0.1) is 13.8 Å². The van der Waals surface area contributed by atoms with Crippen LogP contribution in [-0.4, -0.2) is 24.8 Å². The van der Waals surface area contributed by atoms with Crippen molar-refractivity contribution in [3.05, 3.63) is 40.9 Å². The topological polar surface area (TPSA) is 69.1 Å². The van der Waals surface area contributed by atoms with Crippen LogP contribution in [0.2, 0.25) is 5.02 Å². The molecule has 1 aromatic carbocycles. The molecule has 3 heterocycles. The highest BCUT2D eigenvalue weighted by molar-refractivity contribution is 7.20. The van der Waals surface area contributed by atoms with E-state index in [0.29, 0.717) is 22.6 Å². The number of halogens is 1. The number of hydrogen-bond donors (Lipinski definition) is 0. The summed E-state index contributed by atoms with van der Waals surface area (Å²) < 4.78 is 7.28. The first-order chi connectivity index (χ1) is 10.6. The Hall–Kier alpha value is -2.25. The van der Waals surface area contributed by atoms with E-state index >= 15 is 0 Å². The van der Waals surface area contributed by atoms with Gasteiger partial charge in [-0.25, -0.2) is 4.52 Å². The number of benzene rings is 1. The molecule has 0 unspecified atom stereocenters. The Morgan fingerprint density at radius 2 is 1.91 bits per heavy atom. The summed E-state index contributed by atoms with van der Waals surface area (Å²) in [5, 5.41) is 13.1. The average molecular weight is 332 g/mol. The molecule has 0 radical (unpaired) electrons. The molecule has 0 bridgehead atoms. The lowest BCUT2D eigenvalue weighted by atomic mass is 10.2. The fourth-order valence-electron chi connectivity index (χ4n) is 2.15. The molecular formula is C14H10ClN5OS. The SMILES string of the molecule is Cc1nnc(-c2sc3nc(-c4ccc(Cl)cc4)nn3c2C)o1. The van der Waals surface area contributed by atoms with Crippen molar-refractivity contribution in [3.63, 3.8) is 0 Å². The first-order valence-electron chi connectivity index (χ1n) is 6.54. The summed E-state index contributed by atoms with van der Waals surface area (Å²) in [4.78, 5) is 6.24. The summed E-state index contributed by atoms with van der Waals surface area (Å²) in [6, 6.07) is 7.45. The van der Waals surface area contributed by atoms with Gasteiger partial charge < -0.3 is 4.42 Å². The summed E-state index contributed by atoms with van der Waals surface area (Å²) in [5.74, 6) is 1.70. The lowest BCUT2D eigenvalue weighted by Crippen LogP contribution is -1.89. The fraction of sp³-hybridized carbons (Fsp3) is 0.143. The Balaban J connectivity index is 1.81. The van der Waals surface area contributed by atoms with E-state index in [1.165, 1.54) is 11.3 Å². The minimum absolute atomic E-state index is 0.500. The van der Waals surface area contributed by atoms with E-state index in [-0.39, 0.29) is 0 Å². The van der Waals surface area contributed by atoms with Crippen molar-refractivity contribution in [1.29, 1.82) is 0 Å². The van der Waals surface area contributed by atoms with Crippen LogP contribution in [0.25, 0.3) is 27.1 Å². The van der Waals surface area contributed by atoms with Gasteiger partial charge >= 0.3 is 0 Å². The lowest BCUT2D eigenvalue weighted by Gasteiger charge is -1.95. The molecule has 4 rings (SSSR count). The maximum atomic E-state index is 5.91. The van der Waals surface area contributed by atoms with Crippen LogP contribution in [0.5, 0.6) is 0 Å². The second-order valence-electron chi connectivity index (χ2n) is 4.78. The number of aromatic nitrogens is 5. The lowest BCUT2D eigenvalue weighted by molar-refractivity contribution is 0.533. The second kappa shape index (κ2) is 4.89. The molecule has 4 aromatic rings. The third-order valence-corrected chi connectivity index (χ3v) is 4.61. The van der Waals surface area contributed by atoms with Crippen molar-refractivity contribution >= 4 is 27.9 Å². The molecule has 6 nitrogen and oxygen atoms in total. The van der Waals surface area contributed by atoms with E-state index < -0.39 is 0 Å². The quantitative estimate of drug-likeness (QED) is 0.559. The average Bonchev–Trinajstić information content (AvgIpc) is 3.17. The molecule has 0 saturated carbocycles. The molecule has 8 heteroatoms. The van der Waals surface area contributed by atoms with Crippen molar-refractivity contribution in [2.24, 2.45) is 0 Å². The van der Waals surface area contributed by atoms with Gasteiger partial charge in [-0.05, 0) is 31.2 Å². The normalized spacial score (nSPS) is 11.4. The van der Waals surface area contributed by atoms with Crippen LogP contribution in [0.15, 0.2) is 28.7 Å². The van der Waals surface area contributed by atoms with Crippen LogP contribution in [0.3, 0.4) is 0 Å². The number of nitrogens with zero attached hydrogens (tertiary/aromatic N) is 5. The zero-order chi connectivity index (χ0) is 15.3. The number of aryl methyl sites for hydroxylation is 2. The molecule has 0 spiro atoms. The van der Waals surface area contributed by atoms with Gasteiger partial charge in [-0.1, -0.05) is 22.9 Å². The molecule has 3 aromatic heterocycles. The Labute approximate surface area is 134 Å². The molecule has 0 atom stereocenters. The summed E-state index contributed by atoms with van der Waals surface area (Å²) in [6.45, 7) is 3.72. The van der Waals surface area contributed by atoms with Gasteiger partial charge in [-0.3, -0.25) is 0 Å². The first kappa shape index (κ1) is 13.4. The molecule has 110 valence electrons. The van der Waals surface area contributed by atoms with E-state index in [9.17, 15) is 0 Å². The number of fused-ring (bicyclic) bond motifs is 1. The molecule has 0 aliphatic carbocycles. The molecule has 0 aliphatic heterocycles. The molecule has 22 heavy (non-hydrogen) atoms. The summed E-state index contributed by atoms with van der Waals surface area (Å²) in [7, 11) is 0. The summed E-state index contributed by atoms with van der Waals surface area (Å²) in [5.41, 5.74) is 1.85. The smallest absolute Gasteiger partial charge is 0.259 e. The van der Waals surface area contributed by atoms with Crippen LogP contribution in [-0.2, 0) is 0 Å². The second-order valence-corrected chi connectivity index (χ2v) is 6.19. The highest BCUT2D eigenvalue weighted by atomic mass is 35.5. The van der Waals surface area contributed by atoms with Crippen molar-refractivity contribution in [2.75, 3.05) is 0 Å². The van der Waals surface area contributed by atoms with Gasteiger partial charge in [0.15, 0.2) is 5.82 Å². The molecule has 0 aliphatic rings. The number of thiazole rings is 1. The Bertz CT molecular complexity index is 969. The van der Waals surface area contributed by atoms with E-state index in [4.69, 9.17) is 16.0 Å². The highest BCUT2D eigenvalue weighted by Crippen LogP contribution is 2.32. The Morgan fingerprint density at radius 1 is 1.14 bits per heavy atom. The van der Waals surface area contributed by atoms with Crippen molar-refractivity contribution in [2.45, 2.75) is 13.8 Å². The molecule has 0 saturated heterocycles. The largest absolute Gasteiger partial charge is 0.420 e.